The number of aromatic nitrogens is 1. The Morgan fingerprint density at radius 1 is 1.38 bits per heavy atom. The van der Waals surface area contributed by atoms with E-state index >= 15 is 0 Å². The van der Waals surface area contributed by atoms with Crippen molar-refractivity contribution in [3.05, 3.63) is 23.9 Å². The number of halogens is 2. The molecule has 0 bridgehead atoms. The molecule has 0 aliphatic carbocycles. The summed E-state index contributed by atoms with van der Waals surface area (Å²) >= 11 is 0. The lowest BCUT2D eigenvalue weighted by Gasteiger charge is -2.19. The fourth-order valence-corrected chi connectivity index (χ4v) is 0.906. The standard InChI is InChI=1S/C10H12F2N2O2/c1-10(2,3)16-9(15)14-8-6(11)4-5-7(12)13-8/h4-5H,1-3H3,(H,13,14,15). The zero-order valence-corrected chi connectivity index (χ0v) is 9.17. The van der Waals surface area contributed by atoms with Crippen LogP contribution in [-0.2, 0) is 4.74 Å². The van der Waals surface area contributed by atoms with Crippen molar-refractivity contribution in [2.24, 2.45) is 0 Å². The van der Waals surface area contributed by atoms with Gasteiger partial charge in [-0.05, 0) is 32.9 Å². The first kappa shape index (κ1) is 12.4. The second-order valence-electron chi connectivity index (χ2n) is 4.09. The molecule has 1 heterocycles. The molecule has 6 heteroatoms. The largest absolute Gasteiger partial charge is 0.444 e. The summed E-state index contributed by atoms with van der Waals surface area (Å²) in [5.41, 5.74) is -0.714. The molecule has 0 fully saturated rings. The van der Waals surface area contributed by atoms with E-state index in [-0.39, 0.29) is 0 Å². The van der Waals surface area contributed by atoms with Crippen LogP contribution in [0.3, 0.4) is 0 Å². The molecule has 0 aliphatic rings. The second kappa shape index (κ2) is 4.42. The molecule has 88 valence electrons. The van der Waals surface area contributed by atoms with Crippen molar-refractivity contribution < 1.29 is 18.3 Å². The molecule has 0 radical (unpaired) electrons. The van der Waals surface area contributed by atoms with Crippen LogP contribution < -0.4 is 5.32 Å². The van der Waals surface area contributed by atoms with Crippen molar-refractivity contribution >= 4 is 11.9 Å². The van der Waals surface area contributed by atoms with Gasteiger partial charge in [0.05, 0.1) is 0 Å². The zero-order valence-electron chi connectivity index (χ0n) is 9.17. The Balaban J connectivity index is 2.73. The monoisotopic (exact) mass is 230 g/mol. The van der Waals surface area contributed by atoms with Gasteiger partial charge < -0.3 is 4.74 Å². The predicted molar refractivity (Wildman–Crippen MR) is 54.0 cm³/mol. The lowest BCUT2D eigenvalue weighted by atomic mass is 10.2. The summed E-state index contributed by atoms with van der Waals surface area (Å²) in [5.74, 6) is -2.20. The molecule has 0 unspecified atom stereocenters. The average Bonchev–Trinajstić information content (AvgIpc) is 2.08. The number of hydrogen-bond donors (Lipinski definition) is 1. The van der Waals surface area contributed by atoms with E-state index in [0.29, 0.717) is 0 Å². The summed E-state index contributed by atoms with van der Waals surface area (Å²) < 4.78 is 30.6. The van der Waals surface area contributed by atoms with Crippen LogP contribution in [0.5, 0.6) is 0 Å². The summed E-state index contributed by atoms with van der Waals surface area (Å²) in [4.78, 5) is 14.4. The Bertz CT molecular complexity index is 402. The molecule has 0 spiro atoms. The maximum atomic E-state index is 13.1. The summed E-state index contributed by atoms with van der Waals surface area (Å²) in [5, 5.41) is 2.02. The quantitative estimate of drug-likeness (QED) is 0.754. The van der Waals surface area contributed by atoms with E-state index in [4.69, 9.17) is 4.74 Å². The molecule has 0 aromatic carbocycles. The minimum Gasteiger partial charge on any atom is -0.444 e. The first-order valence-electron chi connectivity index (χ1n) is 4.60. The average molecular weight is 230 g/mol. The molecule has 0 saturated carbocycles. The van der Waals surface area contributed by atoms with Gasteiger partial charge in [-0.1, -0.05) is 0 Å². The van der Waals surface area contributed by atoms with Crippen molar-refractivity contribution in [3.8, 4) is 0 Å². The molecule has 16 heavy (non-hydrogen) atoms. The van der Waals surface area contributed by atoms with Gasteiger partial charge in [0.2, 0.25) is 5.95 Å². The Morgan fingerprint density at radius 2 is 2.00 bits per heavy atom. The van der Waals surface area contributed by atoms with Gasteiger partial charge in [0, 0.05) is 0 Å². The predicted octanol–water partition coefficient (Wildman–Crippen LogP) is 2.71. The molecule has 1 amide bonds. The van der Waals surface area contributed by atoms with Gasteiger partial charge in [-0.3, -0.25) is 5.32 Å². The number of amides is 1. The van der Waals surface area contributed by atoms with Crippen molar-refractivity contribution in [3.63, 3.8) is 0 Å². The smallest absolute Gasteiger partial charge is 0.413 e. The summed E-state index contributed by atoms with van der Waals surface area (Å²) in [7, 11) is 0. The molecular formula is C10H12F2N2O2. The molecule has 4 nitrogen and oxygen atoms in total. The number of rotatable bonds is 1. The maximum Gasteiger partial charge on any atom is 0.413 e. The van der Waals surface area contributed by atoms with Crippen LogP contribution in [0.1, 0.15) is 20.8 Å². The van der Waals surface area contributed by atoms with Crippen LogP contribution >= 0.6 is 0 Å². The summed E-state index contributed by atoms with van der Waals surface area (Å²) in [6.45, 7) is 4.96. The van der Waals surface area contributed by atoms with Gasteiger partial charge in [-0.2, -0.15) is 9.37 Å². The van der Waals surface area contributed by atoms with Crippen LogP contribution in [0.2, 0.25) is 0 Å². The van der Waals surface area contributed by atoms with Gasteiger partial charge in [0.1, 0.15) is 5.60 Å². The lowest BCUT2D eigenvalue weighted by Crippen LogP contribution is -2.27. The van der Waals surface area contributed by atoms with Crippen molar-refractivity contribution in [2.45, 2.75) is 26.4 Å². The Labute approximate surface area is 91.6 Å². The Morgan fingerprint density at radius 3 is 2.56 bits per heavy atom. The summed E-state index contributed by atoms with van der Waals surface area (Å²) in [6, 6.07) is 1.73. The van der Waals surface area contributed by atoms with Crippen molar-refractivity contribution in [2.75, 3.05) is 5.32 Å². The first-order chi connectivity index (χ1) is 7.28. The highest BCUT2D eigenvalue weighted by atomic mass is 19.1. The number of hydrogen-bond acceptors (Lipinski definition) is 3. The maximum absolute atomic E-state index is 13.1. The lowest BCUT2D eigenvalue weighted by molar-refractivity contribution is 0.0634. The van der Waals surface area contributed by atoms with Gasteiger partial charge >= 0.3 is 6.09 Å². The topological polar surface area (TPSA) is 51.2 Å². The van der Waals surface area contributed by atoms with Gasteiger partial charge in [-0.25, -0.2) is 9.18 Å². The number of ether oxygens (including phenoxy) is 1. The summed E-state index contributed by atoms with van der Waals surface area (Å²) in [6.07, 6.45) is -0.885. The molecule has 0 atom stereocenters. The van der Waals surface area contributed by atoms with E-state index in [1.165, 1.54) is 0 Å². The highest BCUT2D eigenvalue weighted by Gasteiger charge is 2.18. The van der Waals surface area contributed by atoms with Gasteiger partial charge in [0.25, 0.3) is 0 Å². The van der Waals surface area contributed by atoms with Crippen LogP contribution in [0, 0.1) is 11.8 Å². The van der Waals surface area contributed by atoms with E-state index in [1.807, 2.05) is 5.32 Å². The van der Waals surface area contributed by atoms with E-state index in [2.05, 4.69) is 4.98 Å². The molecule has 1 rings (SSSR count). The second-order valence-corrected chi connectivity index (χ2v) is 4.09. The zero-order chi connectivity index (χ0) is 12.3. The first-order valence-corrected chi connectivity index (χ1v) is 4.60. The minimum absolute atomic E-state index is 0.491. The van der Waals surface area contributed by atoms with Crippen LogP contribution in [-0.4, -0.2) is 16.7 Å². The van der Waals surface area contributed by atoms with Crippen LogP contribution in [0.15, 0.2) is 12.1 Å². The molecule has 1 aromatic rings. The minimum atomic E-state index is -0.885. The number of anilines is 1. The third kappa shape index (κ3) is 3.80. The van der Waals surface area contributed by atoms with Gasteiger partial charge in [-0.15, -0.1) is 0 Å². The Hall–Kier alpha value is -1.72. The van der Waals surface area contributed by atoms with E-state index in [9.17, 15) is 13.6 Å². The highest BCUT2D eigenvalue weighted by molar-refractivity contribution is 5.83. The van der Waals surface area contributed by atoms with E-state index < -0.39 is 29.3 Å². The number of carbonyl (C=O) groups is 1. The van der Waals surface area contributed by atoms with Crippen molar-refractivity contribution in [1.82, 2.24) is 4.98 Å². The third-order valence-corrected chi connectivity index (χ3v) is 1.43. The highest BCUT2D eigenvalue weighted by Crippen LogP contribution is 2.13. The van der Waals surface area contributed by atoms with Gasteiger partial charge in [0.15, 0.2) is 11.6 Å². The number of pyridine rings is 1. The van der Waals surface area contributed by atoms with E-state index in [1.54, 1.807) is 20.8 Å². The van der Waals surface area contributed by atoms with E-state index in [0.717, 1.165) is 12.1 Å². The normalized spacial score (nSPS) is 11.1. The third-order valence-electron chi connectivity index (χ3n) is 1.43. The number of nitrogens with one attached hydrogen (secondary N) is 1. The molecule has 1 aromatic heterocycles. The number of nitrogens with zero attached hydrogens (tertiary/aromatic N) is 1. The van der Waals surface area contributed by atoms with Crippen LogP contribution in [0.25, 0.3) is 0 Å². The van der Waals surface area contributed by atoms with Crippen LogP contribution in [0.4, 0.5) is 19.4 Å². The molecular weight excluding hydrogens is 218 g/mol. The molecule has 1 N–H and O–H groups in total. The SMILES string of the molecule is CC(C)(C)OC(=O)Nc1nc(F)ccc1F. The number of carbonyl (C=O) groups excluding carboxylic acids is 1. The fourth-order valence-electron chi connectivity index (χ4n) is 0.906. The Kier molecular flexibility index (Phi) is 3.41. The molecule has 0 aliphatic heterocycles. The van der Waals surface area contributed by atoms with Crippen molar-refractivity contribution in [1.29, 1.82) is 0 Å². The fraction of sp³-hybridized carbons (Fsp3) is 0.400. The molecule has 0 saturated heterocycles.